The highest BCUT2D eigenvalue weighted by molar-refractivity contribution is 7.99. The van der Waals surface area contributed by atoms with Crippen molar-refractivity contribution < 1.29 is 23.0 Å². The highest BCUT2D eigenvalue weighted by Crippen LogP contribution is 2.45. The van der Waals surface area contributed by atoms with Crippen molar-refractivity contribution in [2.24, 2.45) is 0 Å². The van der Waals surface area contributed by atoms with Crippen LogP contribution in [0.25, 0.3) is 0 Å². The summed E-state index contributed by atoms with van der Waals surface area (Å²) in [5.74, 6) is -0.0715. The van der Waals surface area contributed by atoms with Gasteiger partial charge in [0, 0.05) is 29.6 Å². The van der Waals surface area contributed by atoms with Crippen molar-refractivity contribution in [3.8, 4) is 11.5 Å². The molecule has 1 heterocycles. The van der Waals surface area contributed by atoms with Gasteiger partial charge in [-0.15, -0.1) is 11.8 Å². The molecule has 0 bridgehead atoms. The molecule has 2 aromatic rings. The third kappa shape index (κ3) is 3.55. The molecule has 1 fully saturated rings. The summed E-state index contributed by atoms with van der Waals surface area (Å²) in [6, 6.07) is 8.36. The van der Waals surface area contributed by atoms with Gasteiger partial charge in [-0.25, -0.2) is 13.6 Å². The molecule has 1 aliphatic heterocycles. The van der Waals surface area contributed by atoms with Gasteiger partial charge in [0.05, 0.1) is 14.2 Å². The minimum Gasteiger partial charge on any atom is -0.493 e. The third-order valence-electron chi connectivity index (χ3n) is 4.02. The zero-order chi connectivity index (χ0) is 18.7. The summed E-state index contributed by atoms with van der Waals surface area (Å²) in [5.41, 5.74) is 1.01. The van der Waals surface area contributed by atoms with Crippen LogP contribution >= 0.6 is 11.8 Å². The monoisotopic (exact) mass is 380 g/mol. The van der Waals surface area contributed by atoms with Gasteiger partial charge in [-0.1, -0.05) is 12.1 Å². The summed E-state index contributed by atoms with van der Waals surface area (Å²) in [7, 11) is 3.10. The van der Waals surface area contributed by atoms with E-state index in [2.05, 4.69) is 5.32 Å². The summed E-state index contributed by atoms with van der Waals surface area (Å²) < 4.78 is 37.2. The fourth-order valence-electron chi connectivity index (χ4n) is 2.81. The number of urea groups is 1. The lowest BCUT2D eigenvalue weighted by molar-refractivity contribution is 0.213. The van der Waals surface area contributed by atoms with Gasteiger partial charge in [0.1, 0.15) is 5.37 Å². The number of methoxy groups -OCH3 is 2. The fraction of sp³-hybridized carbons (Fsp3) is 0.278. The average Bonchev–Trinajstić information content (AvgIpc) is 3.13. The van der Waals surface area contributed by atoms with Crippen molar-refractivity contribution in [2.45, 2.75) is 5.37 Å². The van der Waals surface area contributed by atoms with E-state index in [1.54, 1.807) is 36.9 Å². The minimum absolute atomic E-state index is 0.196. The molecule has 1 aliphatic rings. The first-order valence-corrected chi connectivity index (χ1v) is 8.95. The average molecular weight is 380 g/mol. The van der Waals surface area contributed by atoms with Crippen molar-refractivity contribution >= 4 is 23.5 Å². The molecule has 1 unspecified atom stereocenters. The van der Waals surface area contributed by atoms with Crippen LogP contribution in [0, 0.1) is 11.6 Å². The van der Waals surface area contributed by atoms with Crippen LogP contribution in [0.5, 0.6) is 11.5 Å². The second kappa shape index (κ2) is 7.82. The van der Waals surface area contributed by atoms with E-state index < -0.39 is 17.7 Å². The van der Waals surface area contributed by atoms with Crippen LogP contribution in [0.1, 0.15) is 10.9 Å². The van der Waals surface area contributed by atoms with Gasteiger partial charge < -0.3 is 19.7 Å². The number of rotatable bonds is 4. The summed E-state index contributed by atoms with van der Waals surface area (Å²) in [6.07, 6.45) is 0. The number of benzene rings is 2. The van der Waals surface area contributed by atoms with Gasteiger partial charge in [-0.05, 0) is 18.2 Å². The first-order chi connectivity index (χ1) is 12.5. The van der Waals surface area contributed by atoms with E-state index in [1.165, 1.54) is 6.07 Å². The van der Waals surface area contributed by atoms with Crippen molar-refractivity contribution in [1.29, 1.82) is 0 Å². The summed E-state index contributed by atoms with van der Waals surface area (Å²) in [5, 5.41) is 2.34. The van der Waals surface area contributed by atoms with Crippen molar-refractivity contribution in [1.82, 2.24) is 4.90 Å². The number of hydrogen-bond acceptors (Lipinski definition) is 4. The van der Waals surface area contributed by atoms with Crippen LogP contribution < -0.4 is 14.8 Å². The highest BCUT2D eigenvalue weighted by Gasteiger charge is 2.33. The lowest BCUT2D eigenvalue weighted by Gasteiger charge is -2.26. The second-order valence-corrected chi connectivity index (χ2v) is 6.75. The Labute approximate surface area is 154 Å². The Morgan fingerprint density at radius 2 is 2.00 bits per heavy atom. The van der Waals surface area contributed by atoms with Crippen LogP contribution in [-0.4, -0.2) is 37.4 Å². The standard InChI is InChI=1S/C18H18F2N2O3S/c1-24-15-5-3-4-12(16(15)25-2)17-22(8-9-26-17)18(23)21-11-6-7-13(19)14(20)10-11/h3-7,10,17H,8-9H2,1-2H3,(H,21,23). The molecule has 0 aromatic heterocycles. The topological polar surface area (TPSA) is 50.8 Å². The molecular formula is C18H18F2N2O3S. The summed E-state index contributed by atoms with van der Waals surface area (Å²) in [6.45, 7) is 0.519. The SMILES string of the molecule is COc1cccc(C2SCCN2C(=O)Nc2ccc(F)c(F)c2)c1OC. The molecule has 1 atom stereocenters. The van der Waals surface area contributed by atoms with E-state index in [1.807, 2.05) is 12.1 Å². The molecule has 138 valence electrons. The number of anilines is 1. The maximum atomic E-state index is 13.4. The lowest BCUT2D eigenvalue weighted by Crippen LogP contribution is -2.34. The number of carbonyl (C=O) groups excluding carboxylic acids is 1. The molecule has 0 radical (unpaired) electrons. The summed E-state index contributed by atoms with van der Waals surface area (Å²) >= 11 is 1.59. The lowest BCUT2D eigenvalue weighted by atomic mass is 10.1. The number of nitrogens with one attached hydrogen (secondary N) is 1. The van der Waals surface area contributed by atoms with Gasteiger partial charge in [0.15, 0.2) is 23.1 Å². The molecule has 26 heavy (non-hydrogen) atoms. The molecule has 1 N–H and O–H groups in total. The predicted molar refractivity (Wildman–Crippen MR) is 96.8 cm³/mol. The molecule has 1 saturated heterocycles. The number of thioether (sulfide) groups is 1. The van der Waals surface area contributed by atoms with Crippen LogP contribution in [0.15, 0.2) is 36.4 Å². The Kier molecular flexibility index (Phi) is 5.51. The Hall–Kier alpha value is -2.48. The smallest absolute Gasteiger partial charge is 0.323 e. The van der Waals surface area contributed by atoms with E-state index >= 15 is 0 Å². The molecule has 2 amide bonds. The Morgan fingerprint density at radius 3 is 2.69 bits per heavy atom. The second-order valence-electron chi connectivity index (χ2n) is 5.56. The molecule has 0 saturated carbocycles. The Morgan fingerprint density at radius 1 is 1.19 bits per heavy atom. The predicted octanol–water partition coefficient (Wildman–Crippen LogP) is 4.26. The van der Waals surface area contributed by atoms with Gasteiger partial charge >= 0.3 is 6.03 Å². The molecule has 5 nitrogen and oxygen atoms in total. The largest absolute Gasteiger partial charge is 0.493 e. The number of halogens is 2. The van der Waals surface area contributed by atoms with Crippen molar-refractivity contribution in [2.75, 3.05) is 31.8 Å². The normalized spacial score (nSPS) is 16.5. The molecule has 2 aromatic carbocycles. The summed E-state index contributed by atoms with van der Waals surface area (Å²) in [4.78, 5) is 14.3. The van der Waals surface area contributed by atoms with Gasteiger partial charge in [0.2, 0.25) is 0 Å². The van der Waals surface area contributed by atoms with Crippen LogP contribution in [0.3, 0.4) is 0 Å². The fourth-order valence-corrected chi connectivity index (χ4v) is 4.08. The molecular weight excluding hydrogens is 362 g/mol. The van der Waals surface area contributed by atoms with Gasteiger partial charge in [-0.2, -0.15) is 0 Å². The Balaban J connectivity index is 1.84. The van der Waals surface area contributed by atoms with E-state index in [9.17, 15) is 13.6 Å². The van der Waals surface area contributed by atoms with Gasteiger partial charge in [-0.3, -0.25) is 0 Å². The number of nitrogens with zero attached hydrogens (tertiary/aromatic N) is 1. The van der Waals surface area contributed by atoms with E-state index in [0.29, 0.717) is 18.0 Å². The first kappa shape index (κ1) is 18.3. The number of hydrogen-bond donors (Lipinski definition) is 1. The zero-order valence-electron chi connectivity index (χ0n) is 14.3. The molecule has 3 rings (SSSR count). The van der Waals surface area contributed by atoms with E-state index in [-0.39, 0.29) is 11.1 Å². The number of carbonyl (C=O) groups is 1. The van der Waals surface area contributed by atoms with E-state index in [4.69, 9.17) is 9.47 Å². The first-order valence-electron chi connectivity index (χ1n) is 7.90. The molecule has 8 heteroatoms. The van der Waals surface area contributed by atoms with Crippen LogP contribution in [0.2, 0.25) is 0 Å². The number of para-hydroxylation sites is 1. The number of ether oxygens (including phenoxy) is 2. The van der Waals surface area contributed by atoms with Crippen LogP contribution in [-0.2, 0) is 0 Å². The van der Waals surface area contributed by atoms with Crippen molar-refractivity contribution in [3.05, 3.63) is 53.6 Å². The maximum absolute atomic E-state index is 13.4. The maximum Gasteiger partial charge on any atom is 0.323 e. The van der Waals surface area contributed by atoms with Crippen LogP contribution in [0.4, 0.5) is 19.3 Å². The third-order valence-corrected chi connectivity index (χ3v) is 5.26. The number of amides is 2. The molecule has 0 aliphatic carbocycles. The zero-order valence-corrected chi connectivity index (χ0v) is 15.1. The van der Waals surface area contributed by atoms with Gasteiger partial charge in [0.25, 0.3) is 0 Å². The Bertz CT molecular complexity index is 819. The minimum atomic E-state index is -1.01. The quantitative estimate of drug-likeness (QED) is 0.861. The highest BCUT2D eigenvalue weighted by atomic mass is 32.2. The molecule has 0 spiro atoms. The van der Waals surface area contributed by atoms with E-state index in [0.717, 1.165) is 23.4 Å². The van der Waals surface area contributed by atoms with Crippen molar-refractivity contribution in [3.63, 3.8) is 0 Å².